The summed E-state index contributed by atoms with van der Waals surface area (Å²) in [4.78, 5) is 43.8. The number of aliphatic carboxylic acids is 1. The number of benzene rings is 1. The summed E-state index contributed by atoms with van der Waals surface area (Å²) >= 11 is 1.52. The van der Waals surface area contributed by atoms with E-state index in [-0.39, 0.29) is 35.6 Å². The summed E-state index contributed by atoms with van der Waals surface area (Å²) in [5, 5.41) is 20.3. The number of carbonyl (C=O) groups excluding carboxylic acids is 2. The topological polar surface area (TPSA) is 98.2 Å². The summed E-state index contributed by atoms with van der Waals surface area (Å²) in [5.74, 6) is -3.09. The van der Waals surface area contributed by atoms with E-state index in [1.807, 2.05) is 51.1 Å². The minimum Gasteiger partial charge on any atom is -0.481 e. The molecule has 3 unspecified atom stereocenters. The van der Waals surface area contributed by atoms with Gasteiger partial charge in [0.05, 0.1) is 29.2 Å². The summed E-state index contributed by atoms with van der Waals surface area (Å²) < 4.78 is -0.819. The first-order valence-corrected chi connectivity index (χ1v) is 12.9. The number of carbonyl (C=O) groups is 3. The highest BCUT2D eigenvalue weighted by atomic mass is 32.2. The van der Waals surface area contributed by atoms with Crippen LogP contribution in [0, 0.1) is 17.8 Å². The first-order chi connectivity index (χ1) is 16.2. The standard InChI is InChI=1S/C26H34N2O5S/c1-5-11-27(15(2)3)24(31)22-26-16(4)12-19(34-26)20(25(32)33)21(26)23(30)28(22)18(14-29)13-17-9-7-6-8-10-17/h5-10,15-16,18-22,29H,1,11-14H2,2-4H3,(H,32,33)/t16?,18-,19-,20+,21+,22?,26?/m1/s1. The maximum atomic E-state index is 14.2. The molecule has 3 heterocycles. The molecule has 8 heteroatoms. The third-order valence-electron chi connectivity index (χ3n) is 7.85. The number of thioether (sulfide) groups is 1. The molecule has 4 rings (SSSR count). The van der Waals surface area contributed by atoms with E-state index in [4.69, 9.17) is 0 Å². The van der Waals surface area contributed by atoms with Crippen LogP contribution in [0.25, 0.3) is 0 Å². The minimum atomic E-state index is -0.979. The van der Waals surface area contributed by atoms with Gasteiger partial charge in [0.1, 0.15) is 6.04 Å². The van der Waals surface area contributed by atoms with Crippen molar-refractivity contribution in [3.63, 3.8) is 0 Å². The Bertz CT molecular complexity index is 969. The van der Waals surface area contributed by atoms with Crippen molar-refractivity contribution in [1.29, 1.82) is 0 Å². The van der Waals surface area contributed by atoms with Crippen LogP contribution >= 0.6 is 11.8 Å². The first kappa shape index (κ1) is 24.8. The third kappa shape index (κ3) is 3.66. The van der Waals surface area contributed by atoms with E-state index in [9.17, 15) is 24.6 Å². The number of likely N-dealkylation sites (tertiary alicyclic amines) is 1. The van der Waals surface area contributed by atoms with Gasteiger partial charge in [0, 0.05) is 17.8 Å². The number of hydrogen-bond donors (Lipinski definition) is 2. The molecular formula is C26H34N2O5S. The Kier molecular flexibility index (Phi) is 6.84. The lowest BCUT2D eigenvalue weighted by Gasteiger charge is -2.42. The van der Waals surface area contributed by atoms with Crippen LogP contribution in [0.3, 0.4) is 0 Å². The summed E-state index contributed by atoms with van der Waals surface area (Å²) in [6.07, 6.45) is 2.72. The Hall–Kier alpha value is -2.32. The van der Waals surface area contributed by atoms with Gasteiger partial charge in [-0.2, -0.15) is 0 Å². The molecular weight excluding hydrogens is 452 g/mol. The second-order valence-corrected chi connectivity index (χ2v) is 11.6. The van der Waals surface area contributed by atoms with E-state index in [0.29, 0.717) is 19.4 Å². The number of amides is 2. The minimum absolute atomic E-state index is 0.000175. The Balaban J connectivity index is 1.83. The maximum absolute atomic E-state index is 14.2. The zero-order valence-corrected chi connectivity index (χ0v) is 20.8. The molecule has 1 aromatic carbocycles. The maximum Gasteiger partial charge on any atom is 0.308 e. The van der Waals surface area contributed by atoms with Gasteiger partial charge in [0.15, 0.2) is 0 Å². The Morgan fingerprint density at radius 3 is 2.56 bits per heavy atom. The fraction of sp³-hybridized carbons (Fsp3) is 0.577. The van der Waals surface area contributed by atoms with Crippen LogP contribution in [0.1, 0.15) is 32.8 Å². The summed E-state index contributed by atoms with van der Waals surface area (Å²) in [6.45, 7) is 9.71. The van der Waals surface area contributed by atoms with Gasteiger partial charge in [-0.1, -0.05) is 43.3 Å². The summed E-state index contributed by atoms with van der Waals surface area (Å²) in [5.41, 5.74) is 0.946. The second kappa shape index (κ2) is 9.38. The highest BCUT2D eigenvalue weighted by Crippen LogP contribution is 2.69. The molecule has 34 heavy (non-hydrogen) atoms. The van der Waals surface area contributed by atoms with Gasteiger partial charge in [0.25, 0.3) is 0 Å². The second-order valence-electron chi connectivity index (χ2n) is 10.0. The number of hydrogen-bond acceptors (Lipinski definition) is 5. The molecule has 0 aliphatic carbocycles. The van der Waals surface area contributed by atoms with E-state index in [0.717, 1.165) is 5.56 Å². The Morgan fingerprint density at radius 2 is 2.00 bits per heavy atom. The molecule has 0 aromatic heterocycles. The van der Waals surface area contributed by atoms with Crippen LogP contribution in [0.2, 0.25) is 0 Å². The van der Waals surface area contributed by atoms with E-state index < -0.39 is 34.6 Å². The molecule has 7 atom stereocenters. The van der Waals surface area contributed by atoms with Crippen molar-refractivity contribution in [2.24, 2.45) is 17.8 Å². The highest BCUT2D eigenvalue weighted by molar-refractivity contribution is 8.02. The average Bonchev–Trinajstić information content (AvgIpc) is 3.39. The van der Waals surface area contributed by atoms with Crippen molar-refractivity contribution in [2.75, 3.05) is 13.2 Å². The molecule has 2 bridgehead atoms. The normalized spacial score (nSPS) is 32.7. The van der Waals surface area contributed by atoms with Crippen LogP contribution in [0.5, 0.6) is 0 Å². The van der Waals surface area contributed by atoms with Crippen LogP contribution in [0.15, 0.2) is 43.0 Å². The lowest BCUT2D eigenvalue weighted by molar-refractivity contribution is -0.150. The highest BCUT2D eigenvalue weighted by Gasteiger charge is 2.77. The van der Waals surface area contributed by atoms with Crippen molar-refractivity contribution in [1.82, 2.24) is 9.80 Å². The molecule has 3 fully saturated rings. The van der Waals surface area contributed by atoms with E-state index in [1.165, 1.54) is 11.8 Å². The zero-order chi connectivity index (χ0) is 24.8. The van der Waals surface area contributed by atoms with Crippen molar-refractivity contribution in [3.8, 4) is 0 Å². The van der Waals surface area contributed by atoms with Gasteiger partial charge < -0.3 is 20.0 Å². The molecule has 2 N–H and O–H groups in total. The molecule has 184 valence electrons. The Labute approximate surface area is 205 Å². The lowest BCUT2D eigenvalue weighted by Crippen LogP contribution is -2.60. The van der Waals surface area contributed by atoms with E-state index in [1.54, 1.807) is 15.9 Å². The van der Waals surface area contributed by atoms with Crippen LogP contribution in [-0.2, 0) is 20.8 Å². The number of nitrogens with zero attached hydrogens (tertiary/aromatic N) is 2. The molecule has 1 aromatic rings. The number of fused-ring (bicyclic) bond motifs is 1. The molecule has 0 saturated carbocycles. The summed E-state index contributed by atoms with van der Waals surface area (Å²) in [6, 6.07) is 7.99. The smallest absolute Gasteiger partial charge is 0.308 e. The summed E-state index contributed by atoms with van der Waals surface area (Å²) in [7, 11) is 0. The number of carboxylic acid groups (broad SMARTS) is 1. The Morgan fingerprint density at radius 1 is 1.32 bits per heavy atom. The largest absolute Gasteiger partial charge is 0.481 e. The number of aliphatic hydroxyl groups excluding tert-OH is 1. The lowest BCUT2D eigenvalue weighted by atomic mass is 9.66. The zero-order valence-electron chi connectivity index (χ0n) is 20.0. The third-order valence-corrected chi connectivity index (χ3v) is 9.93. The molecule has 3 aliphatic rings. The van der Waals surface area contributed by atoms with E-state index in [2.05, 4.69) is 6.58 Å². The van der Waals surface area contributed by atoms with Crippen molar-refractivity contribution in [3.05, 3.63) is 48.6 Å². The van der Waals surface area contributed by atoms with Crippen molar-refractivity contribution < 1.29 is 24.6 Å². The molecule has 3 saturated heterocycles. The van der Waals surface area contributed by atoms with Gasteiger partial charge >= 0.3 is 5.97 Å². The monoisotopic (exact) mass is 486 g/mol. The molecule has 0 radical (unpaired) electrons. The quantitative estimate of drug-likeness (QED) is 0.521. The van der Waals surface area contributed by atoms with Gasteiger partial charge in [-0.25, -0.2) is 0 Å². The van der Waals surface area contributed by atoms with Crippen molar-refractivity contribution >= 4 is 29.5 Å². The number of carboxylic acids is 1. The van der Waals surface area contributed by atoms with Gasteiger partial charge in [-0.05, 0) is 38.2 Å². The predicted molar refractivity (Wildman–Crippen MR) is 131 cm³/mol. The fourth-order valence-corrected chi connectivity index (χ4v) is 8.80. The van der Waals surface area contributed by atoms with Crippen molar-refractivity contribution in [2.45, 2.75) is 61.7 Å². The fourth-order valence-electron chi connectivity index (χ4n) is 6.40. The predicted octanol–water partition coefficient (Wildman–Crippen LogP) is 2.43. The van der Waals surface area contributed by atoms with Crippen LogP contribution in [0.4, 0.5) is 0 Å². The number of rotatable bonds is 9. The van der Waals surface area contributed by atoms with E-state index >= 15 is 0 Å². The van der Waals surface area contributed by atoms with Gasteiger partial charge in [-0.3, -0.25) is 14.4 Å². The molecule has 1 spiro atoms. The number of aliphatic hydroxyl groups is 1. The van der Waals surface area contributed by atoms with Gasteiger partial charge in [0.2, 0.25) is 11.8 Å². The van der Waals surface area contributed by atoms with Crippen LogP contribution < -0.4 is 0 Å². The first-order valence-electron chi connectivity index (χ1n) is 12.0. The molecule has 3 aliphatic heterocycles. The van der Waals surface area contributed by atoms with Crippen LogP contribution in [-0.4, -0.2) is 79.1 Å². The SMILES string of the molecule is C=CCN(C(=O)C1N([C@@H](CO)Cc2ccccc2)C(=O)[C@@H]2[C@@H](C(=O)O)[C@H]3CC(C)C12S3)C(C)C. The molecule has 7 nitrogen and oxygen atoms in total. The molecule has 2 amide bonds. The average molecular weight is 487 g/mol. The van der Waals surface area contributed by atoms with Gasteiger partial charge in [-0.15, -0.1) is 18.3 Å².